The maximum atomic E-state index is 11.5. The third-order valence-electron chi connectivity index (χ3n) is 2.95. The second-order valence-electron chi connectivity index (χ2n) is 5.03. The molecule has 4 nitrogen and oxygen atoms in total. The smallest absolute Gasteiger partial charge is 0.181 e. The average molecular weight is 357 g/mol. The number of hydrogen-bond donors (Lipinski definition) is 0. The number of carbonyl (C=O) groups is 1. The fourth-order valence-corrected chi connectivity index (χ4v) is 6.46. The van der Waals surface area contributed by atoms with Crippen molar-refractivity contribution in [2.75, 3.05) is 34.5 Å². The van der Waals surface area contributed by atoms with Gasteiger partial charge in [0, 0.05) is 23.7 Å². The largest absolute Gasteiger partial charge is 0.748 e. The molecule has 1 fully saturated rings. The predicted octanol–water partition coefficient (Wildman–Crippen LogP) is 2.44. The zero-order chi connectivity index (χ0) is 16.1. The molecule has 0 unspecified atom stereocenters. The lowest BCUT2D eigenvalue weighted by Crippen LogP contribution is -2.27. The Morgan fingerprint density at radius 3 is 2.14 bits per heavy atom. The molecule has 7 heteroatoms. The van der Waals surface area contributed by atoms with Crippen LogP contribution in [0.1, 0.15) is 46.0 Å². The minimum Gasteiger partial charge on any atom is -0.748 e. The van der Waals surface area contributed by atoms with E-state index in [-0.39, 0.29) is 5.75 Å². The van der Waals surface area contributed by atoms with Gasteiger partial charge in [-0.05, 0) is 23.7 Å². The van der Waals surface area contributed by atoms with Crippen molar-refractivity contribution in [2.45, 2.75) is 46.0 Å². The summed E-state index contributed by atoms with van der Waals surface area (Å²) >= 11 is 2.04. The van der Waals surface area contributed by atoms with Crippen LogP contribution in [0.2, 0.25) is 0 Å². The maximum Gasteiger partial charge on any atom is 0.181 e. The third kappa shape index (κ3) is 15.0. The lowest BCUT2D eigenvalue weighted by Gasteiger charge is -2.12. The summed E-state index contributed by atoms with van der Waals surface area (Å²) in [5, 5.41) is 0. The molecule has 0 saturated carbocycles. The van der Waals surface area contributed by atoms with Crippen molar-refractivity contribution in [3.05, 3.63) is 0 Å². The lowest BCUT2D eigenvalue weighted by atomic mass is 10.2. The highest BCUT2D eigenvalue weighted by Gasteiger charge is 2.24. The summed E-state index contributed by atoms with van der Waals surface area (Å²) in [4.78, 5) is 11.5. The summed E-state index contributed by atoms with van der Waals surface area (Å²) in [6.07, 6.45) is 4.29. The van der Waals surface area contributed by atoms with Crippen LogP contribution in [0, 0.1) is 0 Å². The number of ketones is 1. The van der Waals surface area contributed by atoms with Gasteiger partial charge in [0.25, 0.3) is 0 Å². The first-order valence-corrected chi connectivity index (χ1v) is 12.0. The summed E-state index contributed by atoms with van der Waals surface area (Å²) in [5.41, 5.74) is 0. The van der Waals surface area contributed by atoms with Crippen molar-refractivity contribution in [3.8, 4) is 0 Å². The van der Waals surface area contributed by atoms with Crippen LogP contribution in [-0.2, 0) is 25.8 Å². The first-order valence-electron chi connectivity index (χ1n) is 7.56. The van der Waals surface area contributed by atoms with Gasteiger partial charge < -0.3 is 4.55 Å². The Balaban J connectivity index is 0.000000433. The van der Waals surface area contributed by atoms with Gasteiger partial charge in [0.05, 0.1) is 10.1 Å². The fourth-order valence-electron chi connectivity index (χ4n) is 1.70. The quantitative estimate of drug-likeness (QED) is 0.493. The van der Waals surface area contributed by atoms with E-state index in [1.807, 2.05) is 18.7 Å². The molecular weight excluding hydrogens is 328 g/mol. The van der Waals surface area contributed by atoms with Crippen LogP contribution in [0.5, 0.6) is 0 Å². The lowest BCUT2D eigenvalue weighted by molar-refractivity contribution is -0.116. The summed E-state index contributed by atoms with van der Waals surface area (Å²) < 4.78 is 29.5. The van der Waals surface area contributed by atoms with Crippen LogP contribution < -0.4 is 0 Å². The van der Waals surface area contributed by atoms with Crippen molar-refractivity contribution in [1.82, 2.24) is 0 Å². The number of hydrogen-bond acceptors (Lipinski definition) is 5. The van der Waals surface area contributed by atoms with E-state index in [4.69, 9.17) is 0 Å². The van der Waals surface area contributed by atoms with Crippen molar-refractivity contribution in [3.63, 3.8) is 0 Å². The van der Waals surface area contributed by atoms with Crippen LogP contribution >= 0.6 is 11.8 Å². The number of rotatable bonds is 8. The molecule has 0 N–H and O–H groups in total. The van der Waals surface area contributed by atoms with Gasteiger partial charge >= 0.3 is 0 Å². The van der Waals surface area contributed by atoms with E-state index in [1.165, 1.54) is 23.0 Å². The number of Topliss-reactive ketones (excluding diaryl/α,β-unsaturated/α-hetero) is 1. The Hall–Kier alpha value is 0.280. The van der Waals surface area contributed by atoms with Crippen molar-refractivity contribution in [1.29, 1.82) is 0 Å². The van der Waals surface area contributed by atoms with Crippen molar-refractivity contribution >= 4 is 38.6 Å². The van der Waals surface area contributed by atoms with E-state index in [1.54, 1.807) is 0 Å². The third-order valence-corrected chi connectivity index (χ3v) is 7.54. The highest BCUT2D eigenvalue weighted by molar-refractivity contribution is 8.05. The topological polar surface area (TPSA) is 74.3 Å². The molecule has 0 bridgehead atoms. The second kappa shape index (κ2) is 12.8. The monoisotopic (exact) mass is 356 g/mol. The number of unbranched alkanes of at least 4 members (excludes halogenated alkanes) is 2. The Kier molecular flexibility index (Phi) is 13.0. The molecule has 1 aliphatic rings. The predicted molar refractivity (Wildman–Crippen MR) is 93.3 cm³/mol. The average Bonchev–Trinajstić information content (AvgIpc) is 2.44. The second-order valence-corrected chi connectivity index (χ2v) is 10.1. The van der Waals surface area contributed by atoms with Gasteiger partial charge in [-0.1, -0.05) is 26.7 Å². The molecule has 0 aliphatic carbocycles. The van der Waals surface area contributed by atoms with E-state index in [0.717, 1.165) is 31.4 Å². The number of carbonyl (C=O) groups excluding carboxylic acids is 1. The SMILES string of the molecule is CCCCC(=O)C[S+]1CCSCC1.CCCCS(=O)(=O)[O-]. The van der Waals surface area contributed by atoms with Gasteiger partial charge in [-0.15, -0.1) is 0 Å². The van der Waals surface area contributed by atoms with Crippen LogP contribution in [0.25, 0.3) is 0 Å². The van der Waals surface area contributed by atoms with Gasteiger partial charge in [0.15, 0.2) is 11.5 Å². The highest BCUT2D eigenvalue weighted by atomic mass is 32.2. The minimum atomic E-state index is -3.94. The van der Waals surface area contributed by atoms with E-state index in [9.17, 15) is 17.8 Å². The first-order chi connectivity index (χ1) is 9.89. The zero-order valence-electron chi connectivity index (χ0n) is 13.1. The molecule has 0 aromatic rings. The van der Waals surface area contributed by atoms with Crippen molar-refractivity contribution < 1.29 is 17.8 Å². The molecule has 126 valence electrons. The van der Waals surface area contributed by atoms with E-state index < -0.39 is 10.1 Å². The van der Waals surface area contributed by atoms with E-state index >= 15 is 0 Å². The molecule has 0 atom stereocenters. The van der Waals surface area contributed by atoms with Gasteiger partial charge in [-0.2, -0.15) is 11.8 Å². The first kappa shape index (κ1) is 21.3. The summed E-state index contributed by atoms with van der Waals surface area (Å²) in [5.74, 6) is 6.33. The molecule has 0 spiro atoms. The Morgan fingerprint density at radius 1 is 1.14 bits per heavy atom. The van der Waals surface area contributed by atoms with E-state index in [2.05, 4.69) is 6.92 Å². The minimum absolute atomic E-state index is 0.219. The molecular formula is C14H28O4S3. The molecule has 0 aromatic heterocycles. The van der Waals surface area contributed by atoms with E-state index in [0.29, 0.717) is 23.1 Å². The molecule has 1 aliphatic heterocycles. The molecule has 0 aromatic carbocycles. The molecule has 21 heavy (non-hydrogen) atoms. The van der Waals surface area contributed by atoms with Crippen LogP contribution in [0.15, 0.2) is 0 Å². The number of thioether (sulfide) groups is 1. The normalized spacial score (nSPS) is 16.1. The standard InChI is InChI=1S/C10H19OS2.C4H10O3S/c1-2-3-4-10(11)9-13-7-5-12-6-8-13;1-2-3-4-8(5,6)7/h2-9H2,1H3;2-4H2,1H3,(H,5,6,7)/q+1;/p-1. The van der Waals surface area contributed by atoms with Gasteiger partial charge in [-0.25, -0.2) is 8.42 Å². The molecule has 1 saturated heterocycles. The summed E-state index contributed by atoms with van der Waals surface area (Å²) in [6.45, 7) is 3.98. The zero-order valence-corrected chi connectivity index (χ0v) is 15.6. The molecule has 1 rings (SSSR count). The van der Waals surface area contributed by atoms with Crippen LogP contribution in [0.3, 0.4) is 0 Å². The van der Waals surface area contributed by atoms with Crippen LogP contribution in [-0.4, -0.2) is 53.3 Å². The van der Waals surface area contributed by atoms with Gasteiger partial charge in [-0.3, -0.25) is 4.79 Å². The molecule has 1 heterocycles. The highest BCUT2D eigenvalue weighted by Crippen LogP contribution is 2.14. The summed E-state index contributed by atoms with van der Waals surface area (Å²) in [7, 11) is -3.48. The molecule has 0 amide bonds. The van der Waals surface area contributed by atoms with Gasteiger partial charge in [0.2, 0.25) is 0 Å². The van der Waals surface area contributed by atoms with Crippen molar-refractivity contribution in [2.24, 2.45) is 0 Å². The Morgan fingerprint density at radius 2 is 1.71 bits per heavy atom. The molecule has 0 radical (unpaired) electrons. The Bertz CT molecular complexity index is 362. The van der Waals surface area contributed by atoms with Crippen LogP contribution in [0.4, 0.5) is 0 Å². The fraction of sp³-hybridized carbons (Fsp3) is 0.929. The maximum absolute atomic E-state index is 11.5. The summed E-state index contributed by atoms with van der Waals surface area (Å²) in [6, 6.07) is 0. The Labute approximate surface area is 136 Å². The van der Waals surface area contributed by atoms with Gasteiger partial charge in [0.1, 0.15) is 11.5 Å².